The zero-order valence-electron chi connectivity index (χ0n) is 7.54. The second kappa shape index (κ2) is 4.19. The first-order valence-corrected chi connectivity index (χ1v) is 3.96. The second-order valence-electron chi connectivity index (χ2n) is 2.69. The van der Waals surface area contributed by atoms with E-state index in [0.29, 0.717) is 5.82 Å². The summed E-state index contributed by atoms with van der Waals surface area (Å²) in [4.78, 5) is 8.44. The molecule has 0 amide bonds. The van der Waals surface area contributed by atoms with E-state index in [4.69, 9.17) is 0 Å². The Bertz CT molecular complexity index is 390. The van der Waals surface area contributed by atoms with Crippen LogP contribution in [0.1, 0.15) is 29.7 Å². The molecule has 1 aliphatic carbocycles. The maximum Gasteiger partial charge on any atom is 0.0794 e. The minimum Gasteiger partial charge on any atom is -0.338 e. The van der Waals surface area contributed by atoms with Crippen molar-refractivity contribution in [1.29, 1.82) is 0 Å². The van der Waals surface area contributed by atoms with Gasteiger partial charge in [-0.2, -0.15) is 0 Å². The number of nitrogens with zero attached hydrogens (tertiary/aromatic N) is 2. The van der Waals surface area contributed by atoms with Gasteiger partial charge < -0.3 is 6.92 Å². The largest absolute Gasteiger partial charge is 0.338 e. The van der Waals surface area contributed by atoms with E-state index in [9.17, 15) is 0 Å². The van der Waals surface area contributed by atoms with Crippen molar-refractivity contribution in [2.75, 3.05) is 0 Å². The van der Waals surface area contributed by atoms with Crippen molar-refractivity contribution < 1.29 is 32.7 Å². The van der Waals surface area contributed by atoms with E-state index in [1.807, 2.05) is 12.2 Å². The van der Waals surface area contributed by atoms with Crippen molar-refractivity contribution in [3.8, 4) is 0 Å². The fourth-order valence-electron chi connectivity index (χ4n) is 1.33. The summed E-state index contributed by atoms with van der Waals surface area (Å²) in [5.74, 6) is 0.596. The van der Waals surface area contributed by atoms with Gasteiger partial charge in [-0.05, 0) is 18.3 Å². The van der Waals surface area contributed by atoms with Gasteiger partial charge in [-0.1, -0.05) is 6.92 Å². The van der Waals surface area contributed by atoms with E-state index in [1.165, 1.54) is 0 Å². The SMILES string of the molecule is [CH2-]c1nc2c(c(CC)n1)C=C=C2.[Y]. The molecule has 0 N–H and O–H groups in total. The maximum atomic E-state index is 4.25. The smallest absolute Gasteiger partial charge is 0.0794 e. The molecule has 0 atom stereocenters. The van der Waals surface area contributed by atoms with Crippen LogP contribution in [0.2, 0.25) is 0 Å². The molecule has 0 unspecified atom stereocenters. The topological polar surface area (TPSA) is 25.8 Å². The van der Waals surface area contributed by atoms with Gasteiger partial charge in [0.05, 0.1) is 5.69 Å². The molecular formula is C10H9N2Y-. The summed E-state index contributed by atoms with van der Waals surface area (Å²) in [7, 11) is 0. The van der Waals surface area contributed by atoms with Crippen LogP contribution in [0, 0.1) is 6.92 Å². The molecule has 0 spiro atoms. The Morgan fingerprint density at radius 3 is 2.85 bits per heavy atom. The summed E-state index contributed by atoms with van der Waals surface area (Å²) in [6.45, 7) is 5.80. The summed E-state index contributed by atoms with van der Waals surface area (Å²) >= 11 is 0. The third-order valence-electron chi connectivity index (χ3n) is 1.88. The molecule has 1 aromatic heterocycles. The Hall–Kier alpha value is -0.426. The van der Waals surface area contributed by atoms with Crippen molar-refractivity contribution >= 4 is 12.2 Å². The van der Waals surface area contributed by atoms with Crippen LogP contribution in [0.15, 0.2) is 5.73 Å². The molecule has 13 heavy (non-hydrogen) atoms. The standard InChI is InChI=1S/C10H9N2.Y/c1-3-9-8-5-4-6-10(8)12-7(2)11-9;/h5-6H,2-3H2,1H3;/q-1;. The first-order chi connectivity index (χ1) is 5.81. The van der Waals surface area contributed by atoms with Crippen LogP contribution in [-0.4, -0.2) is 9.97 Å². The monoisotopic (exact) mass is 246 g/mol. The van der Waals surface area contributed by atoms with Gasteiger partial charge in [0.15, 0.2) is 0 Å². The van der Waals surface area contributed by atoms with E-state index in [0.717, 1.165) is 23.4 Å². The van der Waals surface area contributed by atoms with Gasteiger partial charge in [-0.3, -0.25) is 9.97 Å². The van der Waals surface area contributed by atoms with Gasteiger partial charge in [0.2, 0.25) is 0 Å². The minimum atomic E-state index is 0. The second-order valence-corrected chi connectivity index (χ2v) is 2.69. The molecule has 63 valence electrons. The minimum absolute atomic E-state index is 0. The average molecular weight is 246 g/mol. The van der Waals surface area contributed by atoms with Gasteiger partial charge in [0.1, 0.15) is 0 Å². The quantitative estimate of drug-likeness (QED) is 0.567. The van der Waals surface area contributed by atoms with Crippen molar-refractivity contribution in [3.63, 3.8) is 0 Å². The number of hydrogen-bond acceptors (Lipinski definition) is 2. The zero-order valence-corrected chi connectivity index (χ0v) is 10.4. The number of rotatable bonds is 1. The molecular weight excluding hydrogens is 237 g/mol. The van der Waals surface area contributed by atoms with Gasteiger partial charge in [0, 0.05) is 50.0 Å². The van der Waals surface area contributed by atoms with Crippen LogP contribution in [0.3, 0.4) is 0 Å². The molecule has 0 aliphatic heterocycles. The normalized spacial score (nSPS) is 11.2. The van der Waals surface area contributed by atoms with Gasteiger partial charge in [0.25, 0.3) is 0 Å². The molecule has 1 aromatic rings. The van der Waals surface area contributed by atoms with Gasteiger partial charge in [-0.25, -0.2) is 0 Å². The van der Waals surface area contributed by atoms with E-state index in [1.54, 1.807) is 0 Å². The zero-order chi connectivity index (χ0) is 8.55. The molecule has 1 heterocycles. The number of hydrogen-bond donors (Lipinski definition) is 0. The summed E-state index contributed by atoms with van der Waals surface area (Å²) in [5.41, 5.74) is 6.12. The van der Waals surface area contributed by atoms with E-state index >= 15 is 0 Å². The van der Waals surface area contributed by atoms with Crippen LogP contribution in [0.25, 0.3) is 12.2 Å². The Labute approximate surface area is 103 Å². The predicted octanol–water partition coefficient (Wildman–Crippen LogP) is 1.86. The van der Waals surface area contributed by atoms with Crippen LogP contribution >= 0.6 is 0 Å². The fourth-order valence-corrected chi connectivity index (χ4v) is 1.33. The first-order valence-electron chi connectivity index (χ1n) is 3.96. The maximum absolute atomic E-state index is 4.25. The van der Waals surface area contributed by atoms with Gasteiger partial charge in [-0.15, -0.1) is 5.73 Å². The first kappa shape index (κ1) is 10.7. The van der Waals surface area contributed by atoms with E-state index < -0.39 is 0 Å². The molecule has 0 saturated carbocycles. The van der Waals surface area contributed by atoms with Crippen LogP contribution in [0.5, 0.6) is 0 Å². The van der Waals surface area contributed by atoms with Crippen molar-refractivity contribution in [2.45, 2.75) is 13.3 Å². The average Bonchev–Trinajstić information content (AvgIpc) is 2.50. The molecule has 1 aliphatic rings. The molecule has 1 radical (unpaired) electrons. The van der Waals surface area contributed by atoms with Crippen LogP contribution < -0.4 is 0 Å². The van der Waals surface area contributed by atoms with E-state index in [2.05, 4.69) is 29.5 Å². The Kier molecular flexibility index (Phi) is 3.43. The van der Waals surface area contributed by atoms with E-state index in [-0.39, 0.29) is 32.7 Å². The van der Waals surface area contributed by atoms with Crippen LogP contribution in [-0.2, 0) is 39.1 Å². The summed E-state index contributed by atoms with van der Waals surface area (Å²) in [6, 6.07) is 0. The Balaban J connectivity index is 0.000000845. The molecule has 0 aromatic carbocycles. The number of aryl methyl sites for hydroxylation is 1. The third-order valence-corrected chi connectivity index (χ3v) is 1.88. The van der Waals surface area contributed by atoms with Crippen molar-refractivity contribution in [1.82, 2.24) is 9.97 Å². The molecule has 3 heteroatoms. The third kappa shape index (κ3) is 1.91. The number of fused-ring (bicyclic) bond motifs is 1. The van der Waals surface area contributed by atoms with Crippen molar-refractivity contribution in [2.24, 2.45) is 0 Å². The van der Waals surface area contributed by atoms with Crippen LogP contribution in [0.4, 0.5) is 0 Å². The summed E-state index contributed by atoms with van der Waals surface area (Å²) < 4.78 is 0. The Morgan fingerprint density at radius 1 is 1.38 bits per heavy atom. The predicted molar refractivity (Wildman–Crippen MR) is 48.3 cm³/mol. The summed E-state index contributed by atoms with van der Waals surface area (Å²) in [6.07, 6.45) is 4.71. The molecule has 0 saturated heterocycles. The summed E-state index contributed by atoms with van der Waals surface area (Å²) in [5, 5.41) is 0. The molecule has 2 nitrogen and oxygen atoms in total. The van der Waals surface area contributed by atoms with Crippen molar-refractivity contribution in [3.05, 3.63) is 35.4 Å². The molecule has 0 fully saturated rings. The number of aromatic nitrogens is 2. The fraction of sp³-hybridized carbons (Fsp3) is 0.200. The molecule has 2 rings (SSSR count). The van der Waals surface area contributed by atoms with Gasteiger partial charge >= 0.3 is 0 Å². The molecule has 0 bridgehead atoms. The Morgan fingerprint density at radius 2 is 2.15 bits per heavy atom.